The van der Waals surface area contributed by atoms with Crippen molar-refractivity contribution in [2.45, 2.75) is 19.9 Å². The number of benzene rings is 1. The lowest BCUT2D eigenvalue weighted by atomic mass is 10.2. The van der Waals surface area contributed by atoms with E-state index in [2.05, 4.69) is 38.3 Å². The molecule has 26 heavy (non-hydrogen) atoms. The van der Waals surface area contributed by atoms with E-state index < -0.39 is 0 Å². The average molecular weight is 425 g/mol. The van der Waals surface area contributed by atoms with Crippen molar-refractivity contribution >= 4 is 27.7 Å². The van der Waals surface area contributed by atoms with Gasteiger partial charge in [-0.15, -0.1) is 0 Å². The summed E-state index contributed by atoms with van der Waals surface area (Å²) >= 11 is 3.43. The number of halogens is 1. The van der Waals surface area contributed by atoms with Crippen LogP contribution in [0.1, 0.15) is 18.9 Å². The number of likely N-dealkylation sites (N-methyl/N-ethyl adjacent to an activating group) is 1. The highest BCUT2D eigenvalue weighted by molar-refractivity contribution is 9.10. The van der Waals surface area contributed by atoms with Gasteiger partial charge in [-0.1, -0.05) is 35.0 Å². The normalized spacial score (nSPS) is 15.3. The van der Waals surface area contributed by atoms with Crippen LogP contribution in [0.25, 0.3) is 0 Å². The van der Waals surface area contributed by atoms with E-state index in [9.17, 15) is 9.59 Å². The second-order valence-corrected chi connectivity index (χ2v) is 7.72. The van der Waals surface area contributed by atoms with Crippen LogP contribution in [0.2, 0.25) is 0 Å². The monoisotopic (exact) mass is 424 g/mol. The number of rotatable bonds is 8. The zero-order valence-corrected chi connectivity index (χ0v) is 17.3. The zero-order valence-electron chi connectivity index (χ0n) is 15.7. The minimum atomic E-state index is 0.0702. The van der Waals surface area contributed by atoms with Gasteiger partial charge in [-0.25, -0.2) is 0 Å². The Kier molecular flexibility index (Phi) is 8.54. The SMILES string of the molecule is CCCNC(=O)CN1CCN(C(=O)CN(C)Cc2ccc(Br)cc2)CC1. The molecule has 1 N–H and O–H groups in total. The van der Waals surface area contributed by atoms with Gasteiger partial charge in [0.05, 0.1) is 13.1 Å². The molecule has 7 heteroatoms. The summed E-state index contributed by atoms with van der Waals surface area (Å²) in [7, 11) is 1.97. The van der Waals surface area contributed by atoms with Gasteiger partial charge in [-0.05, 0) is 31.2 Å². The first-order valence-corrected chi connectivity index (χ1v) is 9.97. The largest absolute Gasteiger partial charge is 0.355 e. The Morgan fingerprint density at radius 1 is 1.15 bits per heavy atom. The van der Waals surface area contributed by atoms with E-state index in [0.717, 1.165) is 37.1 Å². The highest BCUT2D eigenvalue weighted by atomic mass is 79.9. The molecule has 0 spiro atoms. The highest BCUT2D eigenvalue weighted by Crippen LogP contribution is 2.12. The predicted octanol–water partition coefficient (Wildman–Crippen LogP) is 1.55. The quantitative estimate of drug-likeness (QED) is 0.687. The Morgan fingerprint density at radius 3 is 2.42 bits per heavy atom. The van der Waals surface area contributed by atoms with Gasteiger partial charge in [0.25, 0.3) is 0 Å². The standard InChI is InChI=1S/C19H29BrN4O2/c1-3-8-21-18(25)14-23-9-11-24(12-10-23)19(26)15-22(2)13-16-4-6-17(20)7-5-16/h4-7H,3,8-15H2,1-2H3,(H,21,25). The van der Waals surface area contributed by atoms with Crippen molar-refractivity contribution < 1.29 is 9.59 Å². The first kappa shape index (κ1) is 20.9. The van der Waals surface area contributed by atoms with E-state index in [4.69, 9.17) is 0 Å². The predicted molar refractivity (Wildman–Crippen MR) is 107 cm³/mol. The van der Waals surface area contributed by atoms with Crippen molar-refractivity contribution in [3.05, 3.63) is 34.3 Å². The van der Waals surface area contributed by atoms with Crippen molar-refractivity contribution in [3.63, 3.8) is 0 Å². The maximum Gasteiger partial charge on any atom is 0.236 e. The van der Waals surface area contributed by atoms with Gasteiger partial charge in [-0.3, -0.25) is 19.4 Å². The van der Waals surface area contributed by atoms with E-state index in [1.54, 1.807) is 0 Å². The van der Waals surface area contributed by atoms with E-state index in [-0.39, 0.29) is 11.8 Å². The Hall–Kier alpha value is -1.44. The molecule has 6 nitrogen and oxygen atoms in total. The number of hydrogen-bond acceptors (Lipinski definition) is 4. The Labute approximate surface area is 164 Å². The number of nitrogens with zero attached hydrogens (tertiary/aromatic N) is 3. The minimum Gasteiger partial charge on any atom is -0.355 e. The van der Waals surface area contributed by atoms with Crippen molar-refractivity contribution in [3.8, 4) is 0 Å². The van der Waals surface area contributed by atoms with Crippen molar-refractivity contribution in [1.29, 1.82) is 0 Å². The maximum absolute atomic E-state index is 12.5. The van der Waals surface area contributed by atoms with Gasteiger partial charge in [0, 0.05) is 43.7 Å². The van der Waals surface area contributed by atoms with E-state index in [0.29, 0.717) is 26.2 Å². The van der Waals surface area contributed by atoms with Gasteiger partial charge in [0.2, 0.25) is 11.8 Å². The minimum absolute atomic E-state index is 0.0702. The van der Waals surface area contributed by atoms with E-state index >= 15 is 0 Å². The van der Waals surface area contributed by atoms with Crippen molar-refractivity contribution in [2.75, 3.05) is 52.9 Å². The zero-order chi connectivity index (χ0) is 18.9. The topological polar surface area (TPSA) is 55.9 Å². The van der Waals surface area contributed by atoms with Crippen LogP contribution in [0.15, 0.2) is 28.7 Å². The van der Waals surface area contributed by atoms with Gasteiger partial charge < -0.3 is 10.2 Å². The molecular weight excluding hydrogens is 396 g/mol. The van der Waals surface area contributed by atoms with Crippen LogP contribution in [0.3, 0.4) is 0 Å². The van der Waals surface area contributed by atoms with Crippen molar-refractivity contribution in [2.24, 2.45) is 0 Å². The number of carbonyl (C=O) groups is 2. The molecule has 0 unspecified atom stereocenters. The summed E-state index contributed by atoms with van der Waals surface area (Å²) < 4.78 is 1.06. The van der Waals surface area contributed by atoms with Gasteiger partial charge in [-0.2, -0.15) is 0 Å². The molecule has 1 aliphatic rings. The highest BCUT2D eigenvalue weighted by Gasteiger charge is 2.23. The van der Waals surface area contributed by atoms with E-state index in [1.807, 2.05) is 35.9 Å². The molecule has 2 amide bonds. The molecule has 2 rings (SSSR count). The fourth-order valence-corrected chi connectivity index (χ4v) is 3.23. The van der Waals surface area contributed by atoms with Crippen LogP contribution >= 0.6 is 15.9 Å². The molecule has 1 fully saturated rings. The maximum atomic E-state index is 12.5. The molecule has 1 aliphatic heterocycles. The van der Waals surface area contributed by atoms with Crippen LogP contribution < -0.4 is 5.32 Å². The summed E-state index contributed by atoms with van der Waals surface area (Å²) in [5.41, 5.74) is 1.19. The smallest absolute Gasteiger partial charge is 0.236 e. The summed E-state index contributed by atoms with van der Waals surface area (Å²) in [5.74, 6) is 0.223. The lowest BCUT2D eigenvalue weighted by Crippen LogP contribution is -2.52. The third kappa shape index (κ3) is 7.05. The van der Waals surface area contributed by atoms with Crippen molar-refractivity contribution in [1.82, 2.24) is 20.0 Å². The van der Waals surface area contributed by atoms with Crippen LogP contribution in [0, 0.1) is 0 Å². The van der Waals surface area contributed by atoms with Gasteiger partial charge >= 0.3 is 0 Å². The summed E-state index contributed by atoms with van der Waals surface area (Å²) in [6.45, 7) is 7.22. The van der Waals surface area contributed by atoms with Gasteiger partial charge in [0.1, 0.15) is 0 Å². The van der Waals surface area contributed by atoms with Crippen LogP contribution in [-0.2, 0) is 16.1 Å². The number of nitrogens with one attached hydrogen (secondary N) is 1. The fourth-order valence-electron chi connectivity index (χ4n) is 2.97. The molecular formula is C19H29BrN4O2. The molecule has 0 saturated carbocycles. The number of hydrogen-bond donors (Lipinski definition) is 1. The molecule has 0 aromatic heterocycles. The molecule has 0 aliphatic carbocycles. The fraction of sp³-hybridized carbons (Fsp3) is 0.579. The van der Waals surface area contributed by atoms with E-state index in [1.165, 1.54) is 5.56 Å². The lowest BCUT2D eigenvalue weighted by Gasteiger charge is -2.35. The molecule has 0 radical (unpaired) electrons. The summed E-state index contributed by atoms with van der Waals surface area (Å²) in [4.78, 5) is 30.3. The molecule has 1 aromatic rings. The summed E-state index contributed by atoms with van der Waals surface area (Å²) in [6.07, 6.45) is 0.946. The molecule has 144 valence electrons. The number of piperazine rings is 1. The lowest BCUT2D eigenvalue weighted by molar-refractivity contribution is -0.134. The summed E-state index contributed by atoms with van der Waals surface area (Å²) in [5, 5.41) is 2.90. The molecule has 0 atom stereocenters. The van der Waals surface area contributed by atoms with Crippen LogP contribution in [-0.4, -0.2) is 79.4 Å². The second-order valence-electron chi connectivity index (χ2n) is 6.81. The second kappa shape index (κ2) is 10.6. The number of carbonyl (C=O) groups excluding carboxylic acids is 2. The average Bonchev–Trinajstić information content (AvgIpc) is 2.62. The van der Waals surface area contributed by atoms with Gasteiger partial charge in [0.15, 0.2) is 0 Å². The first-order valence-electron chi connectivity index (χ1n) is 9.17. The third-order valence-electron chi connectivity index (χ3n) is 4.44. The number of amides is 2. The molecule has 1 aromatic carbocycles. The Morgan fingerprint density at radius 2 is 1.81 bits per heavy atom. The summed E-state index contributed by atoms with van der Waals surface area (Å²) in [6, 6.07) is 8.16. The third-order valence-corrected chi connectivity index (χ3v) is 4.96. The first-order chi connectivity index (χ1) is 12.5. The molecule has 0 bridgehead atoms. The Bertz CT molecular complexity index is 586. The Balaban J connectivity index is 1.70. The van der Waals surface area contributed by atoms with Crippen LogP contribution in [0.5, 0.6) is 0 Å². The molecule has 1 heterocycles. The van der Waals surface area contributed by atoms with Crippen LogP contribution in [0.4, 0.5) is 0 Å². The molecule has 1 saturated heterocycles.